The Labute approximate surface area is 205 Å². The third-order valence-electron chi connectivity index (χ3n) is 5.12. The zero-order chi connectivity index (χ0) is 24.3. The fourth-order valence-corrected chi connectivity index (χ4v) is 6.54. The predicted molar refractivity (Wildman–Crippen MR) is 125 cm³/mol. The number of nitrogens with two attached hydrogens (primary N) is 2. The number of thiazole rings is 1. The third-order valence-corrected chi connectivity index (χ3v) is 8.57. The van der Waals surface area contributed by atoms with E-state index in [0.29, 0.717) is 5.03 Å². The molecule has 2 saturated heterocycles. The molecule has 14 nitrogen and oxygen atoms in total. The number of β-lactam (4-membered cyclic amide) rings is 1. The maximum Gasteiger partial charge on any atom is 0.313 e. The Morgan fingerprint density at radius 1 is 1.50 bits per heavy atom. The van der Waals surface area contributed by atoms with Crippen molar-refractivity contribution >= 4 is 63.5 Å². The molecule has 0 spiro atoms. The number of carbonyl (C=O) groups excluding carboxylic acids is 2. The van der Waals surface area contributed by atoms with E-state index >= 15 is 0 Å². The first-order valence-electron chi connectivity index (χ1n) is 9.91. The topological polar surface area (TPSA) is 215 Å². The molecular formula is C17H21N9O5S3. The highest BCUT2D eigenvalue weighted by molar-refractivity contribution is 8.00. The first-order valence-corrected chi connectivity index (χ1v) is 12.8. The van der Waals surface area contributed by atoms with Gasteiger partial charge in [-0.1, -0.05) is 5.16 Å². The first kappa shape index (κ1) is 24.2. The van der Waals surface area contributed by atoms with Crippen LogP contribution >= 0.6 is 34.9 Å². The second-order valence-electron chi connectivity index (χ2n) is 7.43. The molecule has 2 aromatic rings. The number of carboxylic acid groups (broad SMARTS) is 1. The molecule has 2 amide bonds. The number of thioether (sulfide) groups is 2. The fourth-order valence-electron chi connectivity index (χ4n) is 3.35. The normalized spacial score (nSPS) is 24.3. The highest BCUT2D eigenvalue weighted by Gasteiger charge is 2.57. The average molecular weight is 528 g/mol. The monoisotopic (exact) mass is 527 g/mol. The molecule has 4 rings (SSSR count). The summed E-state index contributed by atoms with van der Waals surface area (Å²) in [6.45, 7) is 0.320. The van der Waals surface area contributed by atoms with Gasteiger partial charge in [0.15, 0.2) is 10.8 Å². The van der Waals surface area contributed by atoms with E-state index in [-0.39, 0.29) is 53.6 Å². The van der Waals surface area contributed by atoms with Crippen molar-refractivity contribution < 1.29 is 24.3 Å². The zero-order valence-corrected chi connectivity index (χ0v) is 20.0. The maximum atomic E-state index is 12.9. The molecule has 2 aliphatic heterocycles. The number of aromatic amines is 1. The predicted octanol–water partition coefficient (Wildman–Crippen LogP) is -1.21. The van der Waals surface area contributed by atoms with Gasteiger partial charge in [0.25, 0.3) is 5.91 Å². The Hall–Kier alpha value is -2.89. The van der Waals surface area contributed by atoms with Crippen molar-refractivity contribution in [1.82, 2.24) is 30.6 Å². The summed E-state index contributed by atoms with van der Waals surface area (Å²) in [6.07, 6.45) is 1.51. The number of fused-ring (bicyclic) bond motifs is 1. The van der Waals surface area contributed by atoms with Crippen LogP contribution in [-0.2, 0) is 19.2 Å². The number of oxime groups is 1. The van der Waals surface area contributed by atoms with Crippen molar-refractivity contribution in [3.63, 3.8) is 0 Å². The van der Waals surface area contributed by atoms with Gasteiger partial charge in [-0.15, -0.1) is 40.0 Å². The number of nitrogens with one attached hydrogen (secondary N) is 2. The van der Waals surface area contributed by atoms with Crippen LogP contribution in [0.15, 0.2) is 21.8 Å². The van der Waals surface area contributed by atoms with Gasteiger partial charge in [-0.25, -0.2) is 4.98 Å². The van der Waals surface area contributed by atoms with E-state index in [1.807, 2.05) is 0 Å². The number of amides is 2. The van der Waals surface area contributed by atoms with E-state index in [1.54, 1.807) is 5.38 Å². The van der Waals surface area contributed by atoms with Crippen LogP contribution in [0.25, 0.3) is 0 Å². The molecule has 0 saturated carbocycles. The summed E-state index contributed by atoms with van der Waals surface area (Å²) in [6, 6.07) is -0.830. The van der Waals surface area contributed by atoms with Gasteiger partial charge in [-0.2, -0.15) is 10.3 Å². The number of carboxylic acids is 1. The van der Waals surface area contributed by atoms with Gasteiger partial charge < -0.3 is 31.6 Å². The Kier molecular flexibility index (Phi) is 7.24. The van der Waals surface area contributed by atoms with Crippen LogP contribution in [0.5, 0.6) is 0 Å². The van der Waals surface area contributed by atoms with Crippen LogP contribution in [0.4, 0.5) is 5.13 Å². The Morgan fingerprint density at radius 3 is 2.97 bits per heavy atom. The Morgan fingerprint density at radius 2 is 2.32 bits per heavy atom. The lowest BCUT2D eigenvalue weighted by molar-refractivity contribution is -0.157. The summed E-state index contributed by atoms with van der Waals surface area (Å²) in [4.78, 5) is 48.5. The van der Waals surface area contributed by atoms with Gasteiger partial charge in [0.05, 0.1) is 6.20 Å². The number of aromatic nitrogens is 4. The first-order chi connectivity index (χ1) is 16.3. The summed E-state index contributed by atoms with van der Waals surface area (Å²) in [7, 11) is 0. The molecule has 0 radical (unpaired) electrons. The second kappa shape index (κ2) is 10.2. The van der Waals surface area contributed by atoms with Crippen LogP contribution in [0.3, 0.4) is 0 Å². The van der Waals surface area contributed by atoms with Crippen molar-refractivity contribution in [2.24, 2.45) is 16.3 Å². The highest BCUT2D eigenvalue weighted by Crippen LogP contribution is 2.44. The third kappa shape index (κ3) is 4.82. The molecule has 2 fully saturated rings. The molecule has 182 valence electrons. The lowest BCUT2D eigenvalue weighted by atomic mass is 9.89. The van der Waals surface area contributed by atoms with E-state index in [4.69, 9.17) is 16.3 Å². The lowest BCUT2D eigenvalue weighted by Gasteiger charge is -2.53. The molecule has 34 heavy (non-hydrogen) atoms. The summed E-state index contributed by atoms with van der Waals surface area (Å²) in [5.74, 6) is -1.55. The number of rotatable bonds is 10. The highest BCUT2D eigenvalue weighted by atomic mass is 32.2. The largest absolute Gasteiger partial charge is 0.481 e. The van der Waals surface area contributed by atoms with Gasteiger partial charge in [0, 0.05) is 30.0 Å². The van der Waals surface area contributed by atoms with Crippen LogP contribution in [-0.4, -0.2) is 96.5 Å². The number of carbonyl (C=O) groups is 3. The fraction of sp³-hybridized carbons (Fsp3) is 0.471. The van der Waals surface area contributed by atoms with E-state index < -0.39 is 28.7 Å². The molecule has 0 aromatic carbocycles. The van der Waals surface area contributed by atoms with Gasteiger partial charge >= 0.3 is 5.97 Å². The Balaban J connectivity index is 1.42. The number of nitrogen functional groups attached to an aromatic ring is 1. The van der Waals surface area contributed by atoms with E-state index in [2.05, 4.69) is 30.9 Å². The minimum Gasteiger partial charge on any atom is -0.481 e. The number of hydrogen-bond acceptors (Lipinski definition) is 13. The molecule has 2 aromatic heterocycles. The number of hydrogen-bond donors (Lipinski definition) is 5. The summed E-state index contributed by atoms with van der Waals surface area (Å²) >= 11 is 3.69. The molecule has 2 aliphatic rings. The second-order valence-corrected chi connectivity index (χ2v) is 10.4. The van der Waals surface area contributed by atoms with Crippen molar-refractivity contribution in [3.8, 4) is 0 Å². The van der Waals surface area contributed by atoms with E-state index in [0.717, 1.165) is 11.3 Å². The van der Waals surface area contributed by atoms with Gasteiger partial charge in [-0.3, -0.25) is 14.4 Å². The molecule has 17 heteroatoms. The molecule has 4 heterocycles. The zero-order valence-electron chi connectivity index (χ0n) is 17.5. The number of aliphatic carboxylic acids is 1. The summed E-state index contributed by atoms with van der Waals surface area (Å²) in [5, 5.41) is 28.5. The minimum atomic E-state index is -1.16. The standard InChI is InChI=1S/C17H21N9O5S3/c18-1-2-31-24-10(8-4-32-16(19)21-8)12(27)22-11-13(28)26-5-17(15(29)30,7-34-14(11)26)6-33-9-3-20-25-23-9/h3-4,11,14H,1-2,5-7,18H2,(H2,19,21)(H,22,27)(H,29,30)(H,20,23,25)/t11?,14-,17?/m1/s1. The number of anilines is 1. The van der Waals surface area contributed by atoms with E-state index in [1.165, 1.54) is 34.6 Å². The summed E-state index contributed by atoms with van der Waals surface area (Å²) in [5.41, 5.74) is 9.99. The van der Waals surface area contributed by atoms with Crippen molar-refractivity contribution in [2.75, 3.05) is 36.9 Å². The smallest absolute Gasteiger partial charge is 0.313 e. The quantitative estimate of drug-likeness (QED) is 0.0808. The molecule has 0 aliphatic carbocycles. The summed E-state index contributed by atoms with van der Waals surface area (Å²) < 4.78 is 0. The van der Waals surface area contributed by atoms with Crippen LogP contribution in [0.2, 0.25) is 0 Å². The van der Waals surface area contributed by atoms with Crippen LogP contribution in [0.1, 0.15) is 5.69 Å². The van der Waals surface area contributed by atoms with Crippen LogP contribution in [0, 0.1) is 5.41 Å². The molecule has 7 N–H and O–H groups in total. The average Bonchev–Trinajstić information content (AvgIpc) is 3.50. The molecule has 2 unspecified atom stereocenters. The number of nitrogens with zero attached hydrogens (tertiary/aromatic N) is 5. The Bertz CT molecular complexity index is 1090. The lowest BCUT2D eigenvalue weighted by Crippen LogP contribution is -2.74. The van der Waals surface area contributed by atoms with Gasteiger partial charge in [0.1, 0.15) is 34.2 Å². The number of H-pyrrole nitrogens is 1. The molecule has 0 bridgehead atoms. The minimum absolute atomic E-state index is 0.0270. The maximum absolute atomic E-state index is 12.9. The molecule has 3 atom stereocenters. The van der Waals surface area contributed by atoms with Gasteiger partial charge in [0.2, 0.25) is 5.91 Å². The van der Waals surface area contributed by atoms with Crippen molar-refractivity contribution in [1.29, 1.82) is 0 Å². The van der Waals surface area contributed by atoms with Crippen LogP contribution < -0.4 is 16.8 Å². The van der Waals surface area contributed by atoms with Crippen molar-refractivity contribution in [3.05, 3.63) is 17.3 Å². The SMILES string of the molecule is NCCON=C(C(=O)NC1C(=O)N2CC(CSc3cn[nH]n3)(C(=O)O)CS[C@H]12)c1csc(N)n1. The van der Waals surface area contributed by atoms with Crippen molar-refractivity contribution in [2.45, 2.75) is 16.4 Å². The molecular weight excluding hydrogens is 506 g/mol. The van der Waals surface area contributed by atoms with E-state index in [9.17, 15) is 19.5 Å². The van der Waals surface area contributed by atoms with Gasteiger partial charge in [-0.05, 0) is 0 Å².